The minimum atomic E-state index is -3.74. The Balaban J connectivity index is 0.000000487. The van der Waals surface area contributed by atoms with E-state index in [1.807, 2.05) is 0 Å². The number of pyridine rings is 1. The first-order chi connectivity index (χ1) is 7.58. The number of hydrogen-bond donors (Lipinski definition) is 0. The van der Waals surface area contributed by atoms with Crippen molar-refractivity contribution in [2.45, 2.75) is 5.03 Å². The zero-order valence-corrected chi connectivity index (χ0v) is 9.56. The molecule has 0 unspecified atom stereocenters. The second kappa shape index (κ2) is 7.42. The molecule has 0 radical (unpaired) electrons. The van der Waals surface area contributed by atoms with Crippen molar-refractivity contribution in [1.82, 2.24) is 4.98 Å². The number of aromatic nitrogens is 1. The maximum absolute atomic E-state index is 11.1. The minimum Gasteiger partial charge on any atom is -0.386 e. The Morgan fingerprint density at radius 1 is 1.19 bits per heavy atom. The largest absolute Gasteiger partial charge is 0.386 e. The SMILES string of the molecule is C=CC=C.C=COS(=O)(=O)c1ccccn1. The standard InChI is InChI=1S/C7H7NO3S.C4H6/c1-2-11-12(9,10)7-5-3-4-6-8-7;1-3-4-2/h2-6H,1H2;3-4H,1-2H2. The predicted octanol–water partition coefficient (Wildman–Crippen LogP) is 2.29. The minimum absolute atomic E-state index is 0.120. The van der Waals surface area contributed by atoms with Gasteiger partial charge in [-0.2, -0.15) is 8.42 Å². The van der Waals surface area contributed by atoms with Gasteiger partial charge in [0.25, 0.3) is 0 Å². The Hall–Kier alpha value is -1.88. The van der Waals surface area contributed by atoms with Gasteiger partial charge >= 0.3 is 10.1 Å². The number of hydrogen-bond acceptors (Lipinski definition) is 4. The van der Waals surface area contributed by atoms with Gasteiger partial charge < -0.3 is 4.18 Å². The smallest absolute Gasteiger partial charge is 0.356 e. The van der Waals surface area contributed by atoms with E-state index in [0.29, 0.717) is 0 Å². The van der Waals surface area contributed by atoms with Crippen LogP contribution in [0.1, 0.15) is 0 Å². The van der Waals surface area contributed by atoms with Gasteiger partial charge in [0.15, 0.2) is 5.03 Å². The van der Waals surface area contributed by atoms with Gasteiger partial charge in [-0.15, -0.1) is 0 Å². The summed E-state index contributed by atoms with van der Waals surface area (Å²) in [7, 11) is -3.74. The molecule has 0 N–H and O–H groups in total. The summed E-state index contributed by atoms with van der Waals surface area (Å²) in [6, 6.07) is 4.53. The van der Waals surface area contributed by atoms with Crippen molar-refractivity contribution < 1.29 is 12.6 Å². The van der Waals surface area contributed by atoms with E-state index in [9.17, 15) is 8.42 Å². The molecule has 5 heteroatoms. The molecule has 4 nitrogen and oxygen atoms in total. The van der Waals surface area contributed by atoms with Crippen LogP contribution in [-0.4, -0.2) is 13.4 Å². The molecule has 1 aromatic heterocycles. The van der Waals surface area contributed by atoms with E-state index in [-0.39, 0.29) is 5.03 Å². The Kier molecular flexibility index (Phi) is 6.55. The van der Waals surface area contributed by atoms with Crippen LogP contribution in [0.2, 0.25) is 0 Å². The fourth-order valence-electron chi connectivity index (χ4n) is 0.634. The first-order valence-corrected chi connectivity index (χ1v) is 5.68. The Labute approximate surface area is 95.7 Å². The summed E-state index contributed by atoms with van der Waals surface area (Å²) in [6.07, 6.45) is 5.50. The van der Waals surface area contributed by atoms with E-state index >= 15 is 0 Å². The summed E-state index contributed by atoms with van der Waals surface area (Å²) >= 11 is 0. The van der Waals surface area contributed by atoms with E-state index in [0.717, 1.165) is 6.26 Å². The molecule has 0 saturated carbocycles. The Morgan fingerprint density at radius 3 is 2.19 bits per heavy atom. The zero-order chi connectivity index (χ0) is 12.4. The van der Waals surface area contributed by atoms with Crippen molar-refractivity contribution in [3.05, 3.63) is 62.5 Å². The highest BCUT2D eigenvalue weighted by atomic mass is 32.2. The van der Waals surface area contributed by atoms with Crippen molar-refractivity contribution in [1.29, 1.82) is 0 Å². The zero-order valence-electron chi connectivity index (χ0n) is 8.74. The lowest BCUT2D eigenvalue weighted by atomic mass is 10.5. The van der Waals surface area contributed by atoms with Crippen molar-refractivity contribution in [3.8, 4) is 0 Å². The molecule has 0 spiro atoms. The molecule has 0 amide bonds. The molecule has 0 aliphatic carbocycles. The van der Waals surface area contributed by atoms with Crippen molar-refractivity contribution in [3.63, 3.8) is 0 Å². The van der Waals surface area contributed by atoms with E-state index in [1.165, 1.54) is 12.3 Å². The van der Waals surface area contributed by atoms with Crippen LogP contribution in [0.4, 0.5) is 0 Å². The summed E-state index contributed by atoms with van der Waals surface area (Å²) in [5.74, 6) is 0. The number of allylic oxidation sites excluding steroid dienone is 2. The lowest BCUT2D eigenvalue weighted by Gasteiger charge is -1.99. The third-order valence-corrected chi connectivity index (χ3v) is 2.40. The summed E-state index contributed by atoms with van der Waals surface area (Å²) in [5.41, 5.74) is 0. The highest BCUT2D eigenvalue weighted by Crippen LogP contribution is 2.07. The second-order valence-corrected chi connectivity index (χ2v) is 3.88. The summed E-state index contributed by atoms with van der Waals surface area (Å²) in [6.45, 7) is 9.86. The fourth-order valence-corrected chi connectivity index (χ4v) is 1.35. The molecule has 86 valence electrons. The van der Waals surface area contributed by atoms with Gasteiger partial charge in [-0.25, -0.2) is 4.98 Å². The third kappa shape index (κ3) is 5.11. The van der Waals surface area contributed by atoms with Crippen molar-refractivity contribution in [2.75, 3.05) is 0 Å². The topological polar surface area (TPSA) is 56.3 Å². The highest BCUT2D eigenvalue weighted by molar-refractivity contribution is 7.86. The number of nitrogens with zero attached hydrogens (tertiary/aromatic N) is 1. The lowest BCUT2D eigenvalue weighted by molar-refractivity contribution is 0.441. The van der Waals surface area contributed by atoms with Crippen LogP contribution in [0.3, 0.4) is 0 Å². The molecule has 0 saturated heterocycles. The van der Waals surface area contributed by atoms with Gasteiger partial charge in [0.1, 0.15) is 0 Å². The van der Waals surface area contributed by atoms with Crippen LogP contribution < -0.4 is 0 Å². The Bertz CT molecular complexity index is 432. The van der Waals surface area contributed by atoms with Crippen LogP contribution in [0, 0.1) is 0 Å². The van der Waals surface area contributed by atoms with Crippen LogP contribution in [-0.2, 0) is 14.3 Å². The third-order valence-electron chi connectivity index (χ3n) is 1.26. The van der Waals surface area contributed by atoms with E-state index in [1.54, 1.807) is 24.3 Å². The molecule has 1 heterocycles. The van der Waals surface area contributed by atoms with E-state index < -0.39 is 10.1 Å². The molecule has 0 atom stereocenters. The fraction of sp³-hybridized carbons (Fsp3) is 0. The average Bonchev–Trinajstić information content (AvgIpc) is 2.30. The highest BCUT2D eigenvalue weighted by Gasteiger charge is 2.13. The van der Waals surface area contributed by atoms with Crippen LogP contribution >= 0.6 is 0 Å². The predicted molar refractivity (Wildman–Crippen MR) is 63.1 cm³/mol. The summed E-state index contributed by atoms with van der Waals surface area (Å²) < 4.78 is 26.4. The van der Waals surface area contributed by atoms with E-state index in [4.69, 9.17) is 0 Å². The van der Waals surface area contributed by atoms with Gasteiger partial charge in [0, 0.05) is 6.20 Å². The van der Waals surface area contributed by atoms with Gasteiger partial charge in [-0.1, -0.05) is 38.0 Å². The average molecular weight is 239 g/mol. The molecule has 0 aromatic carbocycles. The molecule has 0 fully saturated rings. The molecule has 1 rings (SSSR count). The second-order valence-electron chi connectivity index (χ2n) is 2.36. The van der Waals surface area contributed by atoms with E-state index in [2.05, 4.69) is 28.9 Å². The van der Waals surface area contributed by atoms with Gasteiger partial charge in [0.05, 0.1) is 6.26 Å². The first kappa shape index (κ1) is 14.1. The molecular weight excluding hydrogens is 226 g/mol. The van der Waals surface area contributed by atoms with Crippen molar-refractivity contribution in [2.24, 2.45) is 0 Å². The van der Waals surface area contributed by atoms with Crippen LogP contribution in [0.25, 0.3) is 0 Å². The maximum atomic E-state index is 11.1. The molecule has 1 aromatic rings. The monoisotopic (exact) mass is 239 g/mol. The maximum Gasteiger partial charge on any atom is 0.356 e. The molecule has 0 aliphatic rings. The number of rotatable bonds is 4. The normalized spacial score (nSPS) is 9.25. The summed E-state index contributed by atoms with van der Waals surface area (Å²) in [5, 5.41) is -0.120. The van der Waals surface area contributed by atoms with Gasteiger partial charge in [-0.3, -0.25) is 0 Å². The molecule has 0 aliphatic heterocycles. The van der Waals surface area contributed by atoms with Crippen LogP contribution in [0.5, 0.6) is 0 Å². The quantitative estimate of drug-likeness (QED) is 0.459. The van der Waals surface area contributed by atoms with Gasteiger partial charge in [0.2, 0.25) is 0 Å². The molecular formula is C11H13NO3S. The van der Waals surface area contributed by atoms with Gasteiger partial charge in [-0.05, 0) is 12.1 Å². The molecule has 0 bridgehead atoms. The van der Waals surface area contributed by atoms with Crippen LogP contribution in [0.15, 0.2) is 67.6 Å². The lowest BCUT2D eigenvalue weighted by Crippen LogP contribution is -2.03. The first-order valence-electron chi connectivity index (χ1n) is 4.27. The Morgan fingerprint density at radius 2 is 1.81 bits per heavy atom. The summed E-state index contributed by atoms with van der Waals surface area (Å²) in [4.78, 5) is 3.61. The van der Waals surface area contributed by atoms with Crippen molar-refractivity contribution >= 4 is 10.1 Å². The molecule has 16 heavy (non-hydrogen) atoms.